The number of ether oxygens (including phenoxy) is 1. The van der Waals surface area contributed by atoms with Gasteiger partial charge >= 0.3 is 5.97 Å². The van der Waals surface area contributed by atoms with Crippen molar-refractivity contribution < 1.29 is 19.7 Å². The van der Waals surface area contributed by atoms with E-state index < -0.39 is 5.97 Å². The van der Waals surface area contributed by atoms with Crippen molar-refractivity contribution in [3.05, 3.63) is 24.3 Å². The molecule has 106 valence electrons. The van der Waals surface area contributed by atoms with Crippen LogP contribution >= 0.6 is 11.8 Å². The van der Waals surface area contributed by atoms with E-state index in [-0.39, 0.29) is 12.5 Å². The van der Waals surface area contributed by atoms with Crippen LogP contribution in [0, 0.1) is 5.92 Å². The standard InChI is InChI=1S/C14H20O4S/c1-2-11(14(16)17)6-8-18-12-4-3-5-13(10-12)19-9-7-15/h3-5,10-11,15H,2,6-9H2,1H3,(H,16,17). The molecule has 0 aromatic heterocycles. The molecule has 0 fully saturated rings. The van der Waals surface area contributed by atoms with E-state index >= 15 is 0 Å². The van der Waals surface area contributed by atoms with E-state index in [0.717, 1.165) is 10.6 Å². The van der Waals surface area contributed by atoms with E-state index in [2.05, 4.69) is 0 Å². The van der Waals surface area contributed by atoms with Crippen molar-refractivity contribution in [2.24, 2.45) is 5.92 Å². The van der Waals surface area contributed by atoms with Gasteiger partial charge in [0.15, 0.2) is 0 Å². The van der Waals surface area contributed by atoms with Gasteiger partial charge in [-0.25, -0.2) is 0 Å². The van der Waals surface area contributed by atoms with Gasteiger partial charge in [0.05, 0.1) is 19.1 Å². The number of benzene rings is 1. The Bertz CT molecular complexity index is 395. The summed E-state index contributed by atoms with van der Waals surface area (Å²) in [5.74, 6) is 0.286. The number of aliphatic hydroxyl groups is 1. The molecule has 0 saturated carbocycles. The highest BCUT2D eigenvalue weighted by atomic mass is 32.2. The van der Waals surface area contributed by atoms with Crippen LogP contribution in [0.15, 0.2) is 29.2 Å². The Labute approximate surface area is 117 Å². The number of rotatable bonds is 9. The number of hydrogen-bond acceptors (Lipinski definition) is 4. The highest BCUT2D eigenvalue weighted by molar-refractivity contribution is 7.99. The summed E-state index contributed by atoms with van der Waals surface area (Å²) in [4.78, 5) is 11.9. The monoisotopic (exact) mass is 284 g/mol. The number of aliphatic carboxylic acids is 1. The number of aliphatic hydroxyl groups excluding tert-OH is 1. The fourth-order valence-corrected chi connectivity index (χ4v) is 2.34. The zero-order valence-corrected chi connectivity index (χ0v) is 11.9. The van der Waals surface area contributed by atoms with Gasteiger partial charge in [0.1, 0.15) is 5.75 Å². The molecule has 19 heavy (non-hydrogen) atoms. The molecule has 0 saturated heterocycles. The number of thioether (sulfide) groups is 1. The van der Waals surface area contributed by atoms with Crippen LogP contribution in [0.2, 0.25) is 0 Å². The summed E-state index contributed by atoms with van der Waals surface area (Å²) in [6.45, 7) is 2.41. The predicted octanol–water partition coefficient (Wildman–Crippen LogP) is 2.65. The van der Waals surface area contributed by atoms with Gasteiger partial charge in [-0.3, -0.25) is 4.79 Å². The summed E-state index contributed by atoms with van der Waals surface area (Å²) >= 11 is 1.56. The Balaban J connectivity index is 2.42. The fourth-order valence-electron chi connectivity index (χ4n) is 1.64. The largest absolute Gasteiger partial charge is 0.494 e. The van der Waals surface area contributed by atoms with Crippen molar-refractivity contribution in [3.8, 4) is 5.75 Å². The second kappa shape index (κ2) is 8.82. The van der Waals surface area contributed by atoms with Crippen LogP contribution in [0.25, 0.3) is 0 Å². The lowest BCUT2D eigenvalue weighted by Gasteiger charge is -2.11. The molecule has 4 nitrogen and oxygen atoms in total. The van der Waals surface area contributed by atoms with Crippen molar-refractivity contribution in [2.45, 2.75) is 24.7 Å². The SMILES string of the molecule is CCC(CCOc1cccc(SCCO)c1)C(=O)O. The summed E-state index contributed by atoms with van der Waals surface area (Å²) in [7, 11) is 0. The molecule has 1 atom stereocenters. The van der Waals surface area contributed by atoms with Crippen LogP contribution in [0.4, 0.5) is 0 Å². The van der Waals surface area contributed by atoms with Crippen molar-refractivity contribution in [2.75, 3.05) is 19.0 Å². The molecule has 5 heteroatoms. The van der Waals surface area contributed by atoms with Crippen LogP contribution < -0.4 is 4.74 Å². The van der Waals surface area contributed by atoms with Gasteiger partial charge in [-0.1, -0.05) is 13.0 Å². The zero-order valence-electron chi connectivity index (χ0n) is 11.0. The second-order valence-electron chi connectivity index (χ2n) is 4.13. The Kier molecular flexibility index (Phi) is 7.36. The molecule has 1 unspecified atom stereocenters. The lowest BCUT2D eigenvalue weighted by molar-refractivity contribution is -0.142. The Morgan fingerprint density at radius 2 is 2.26 bits per heavy atom. The first kappa shape index (κ1) is 15.9. The number of carboxylic acid groups (broad SMARTS) is 1. The van der Waals surface area contributed by atoms with Crippen LogP contribution in [0.3, 0.4) is 0 Å². The summed E-state index contributed by atoms with van der Waals surface area (Å²) in [5.41, 5.74) is 0. The molecule has 1 rings (SSSR count). The Morgan fingerprint density at radius 3 is 2.89 bits per heavy atom. The topological polar surface area (TPSA) is 66.8 Å². The molecular formula is C14H20O4S. The molecular weight excluding hydrogens is 264 g/mol. The van der Waals surface area contributed by atoms with Crippen molar-refractivity contribution in [1.29, 1.82) is 0 Å². The minimum atomic E-state index is -0.765. The third kappa shape index (κ3) is 5.98. The molecule has 0 spiro atoms. The molecule has 1 aromatic carbocycles. The first-order chi connectivity index (χ1) is 9.17. The molecule has 0 radical (unpaired) electrons. The molecule has 0 aliphatic carbocycles. The summed E-state index contributed by atoms with van der Waals surface area (Å²) in [6.07, 6.45) is 1.13. The molecule has 1 aromatic rings. The van der Waals surface area contributed by atoms with Gasteiger partial charge in [0.2, 0.25) is 0 Å². The Morgan fingerprint density at radius 1 is 1.47 bits per heavy atom. The van der Waals surface area contributed by atoms with Crippen LogP contribution in [0.5, 0.6) is 5.75 Å². The van der Waals surface area contributed by atoms with Crippen molar-refractivity contribution in [1.82, 2.24) is 0 Å². The number of carbonyl (C=O) groups is 1. The number of carboxylic acids is 1. The molecule has 0 amide bonds. The van der Waals surface area contributed by atoms with E-state index in [1.54, 1.807) is 11.8 Å². The molecule has 0 bridgehead atoms. The first-order valence-electron chi connectivity index (χ1n) is 6.36. The van der Waals surface area contributed by atoms with Gasteiger partial charge in [0.25, 0.3) is 0 Å². The van der Waals surface area contributed by atoms with Crippen LogP contribution in [-0.4, -0.2) is 35.1 Å². The summed E-state index contributed by atoms with van der Waals surface area (Å²) in [5, 5.41) is 17.7. The predicted molar refractivity (Wildman–Crippen MR) is 75.8 cm³/mol. The maximum atomic E-state index is 10.9. The van der Waals surface area contributed by atoms with Crippen molar-refractivity contribution in [3.63, 3.8) is 0 Å². The maximum absolute atomic E-state index is 10.9. The average molecular weight is 284 g/mol. The highest BCUT2D eigenvalue weighted by Gasteiger charge is 2.14. The van der Waals surface area contributed by atoms with E-state index in [4.69, 9.17) is 14.9 Å². The lowest BCUT2D eigenvalue weighted by Crippen LogP contribution is -2.15. The van der Waals surface area contributed by atoms with Gasteiger partial charge in [-0.15, -0.1) is 11.8 Å². The van der Waals surface area contributed by atoms with E-state index in [1.165, 1.54) is 0 Å². The molecule has 2 N–H and O–H groups in total. The third-order valence-electron chi connectivity index (χ3n) is 2.74. The van der Waals surface area contributed by atoms with E-state index in [1.807, 2.05) is 31.2 Å². The maximum Gasteiger partial charge on any atom is 0.306 e. The first-order valence-corrected chi connectivity index (χ1v) is 7.35. The quantitative estimate of drug-likeness (QED) is 0.682. The highest BCUT2D eigenvalue weighted by Crippen LogP contribution is 2.23. The number of hydrogen-bond donors (Lipinski definition) is 2. The lowest BCUT2D eigenvalue weighted by atomic mass is 10.0. The molecule has 0 aliphatic rings. The minimum absolute atomic E-state index is 0.145. The van der Waals surface area contributed by atoms with Crippen molar-refractivity contribution >= 4 is 17.7 Å². The average Bonchev–Trinajstić information content (AvgIpc) is 2.41. The van der Waals surface area contributed by atoms with Crippen LogP contribution in [-0.2, 0) is 4.79 Å². The fraction of sp³-hybridized carbons (Fsp3) is 0.500. The smallest absolute Gasteiger partial charge is 0.306 e. The zero-order chi connectivity index (χ0) is 14.1. The molecule has 0 heterocycles. The summed E-state index contributed by atoms with van der Waals surface area (Å²) < 4.78 is 5.57. The van der Waals surface area contributed by atoms with Gasteiger partial charge < -0.3 is 14.9 Å². The normalized spacial score (nSPS) is 12.1. The van der Waals surface area contributed by atoms with E-state index in [9.17, 15) is 4.79 Å². The van der Waals surface area contributed by atoms with Gasteiger partial charge in [0, 0.05) is 10.6 Å². The van der Waals surface area contributed by atoms with Gasteiger partial charge in [-0.2, -0.15) is 0 Å². The van der Waals surface area contributed by atoms with E-state index in [0.29, 0.717) is 25.2 Å². The molecule has 0 aliphatic heterocycles. The summed E-state index contributed by atoms with van der Waals surface area (Å²) in [6, 6.07) is 7.61. The minimum Gasteiger partial charge on any atom is -0.494 e. The van der Waals surface area contributed by atoms with Crippen LogP contribution in [0.1, 0.15) is 19.8 Å². The van der Waals surface area contributed by atoms with Gasteiger partial charge in [-0.05, 0) is 31.0 Å². The third-order valence-corrected chi connectivity index (χ3v) is 3.72. The Hall–Kier alpha value is -1.20. The second-order valence-corrected chi connectivity index (χ2v) is 5.30.